The molecule has 0 aliphatic carbocycles. The highest BCUT2D eigenvalue weighted by atomic mass is 35.5. The summed E-state index contributed by atoms with van der Waals surface area (Å²) in [5.41, 5.74) is 0.440. The predicted octanol–water partition coefficient (Wildman–Crippen LogP) is 1.07. The largest absolute Gasteiger partial charge is 0.490 e. The molecule has 140 valence electrons. The molecule has 0 radical (unpaired) electrons. The smallest absolute Gasteiger partial charge is 0.251 e. The molecule has 1 aromatic carbocycles. The van der Waals surface area contributed by atoms with Crippen LogP contribution in [0.15, 0.2) is 18.2 Å². The Morgan fingerprint density at radius 1 is 1.12 bits per heavy atom. The molecule has 1 fully saturated rings. The minimum atomic E-state index is -0.303. The van der Waals surface area contributed by atoms with Crippen molar-refractivity contribution < 1.29 is 19.1 Å². The number of piperazine rings is 1. The molecule has 0 aromatic heterocycles. The average Bonchev–Trinajstić information content (AvgIpc) is 2.62. The normalized spacial score (nSPS) is 13.6. The SMILES string of the molecule is CCOc1ccc(C(=O)NCC(=O)N2CCNCC2)cc1OCC.Cl. The Balaban J connectivity index is 0.00000312. The summed E-state index contributed by atoms with van der Waals surface area (Å²) >= 11 is 0. The van der Waals surface area contributed by atoms with E-state index < -0.39 is 0 Å². The zero-order valence-corrected chi connectivity index (χ0v) is 15.5. The van der Waals surface area contributed by atoms with Crippen molar-refractivity contribution in [2.24, 2.45) is 0 Å². The highest BCUT2D eigenvalue weighted by Gasteiger charge is 2.17. The van der Waals surface area contributed by atoms with E-state index in [0.717, 1.165) is 13.1 Å². The lowest BCUT2D eigenvalue weighted by molar-refractivity contribution is -0.130. The van der Waals surface area contributed by atoms with E-state index in [1.54, 1.807) is 23.1 Å². The Kier molecular flexibility index (Phi) is 9.08. The summed E-state index contributed by atoms with van der Waals surface area (Å²) in [5.74, 6) is 0.761. The number of nitrogens with one attached hydrogen (secondary N) is 2. The minimum Gasteiger partial charge on any atom is -0.490 e. The predicted molar refractivity (Wildman–Crippen MR) is 97.8 cm³/mol. The van der Waals surface area contributed by atoms with E-state index in [-0.39, 0.29) is 30.8 Å². The molecule has 7 nitrogen and oxygen atoms in total. The molecule has 0 spiro atoms. The van der Waals surface area contributed by atoms with Crippen LogP contribution < -0.4 is 20.1 Å². The molecule has 0 bridgehead atoms. The van der Waals surface area contributed by atoms with Crippen LogP contribution in [-0.2, 0) is 4.79 Å². The summed E-state index contributed by atoms with van der Waals surface area (Å²) < 4.78 is 11.0. The highest BCUT2D eigenvalue weighted by Crippen LogP contribution is 2.28. The van der Waals surface area contributed by atoms with Crippen molar-refractivity contribution in [1.82, 2.24) is 15.5 Å². The van der Waals surface area contributed by atoms with Crippen LogP contribution in [0.5, 0.6) is 11.5 Å². The number of benzene rings is 1. The molecular weight excluding hydrogens is 346 g/mol. The van der Waals surface area contributed by atoms with Crippen LogP contribution in [0.1, 0.15) is 24.2 Å². The van der Waals surface area contributed by atoms with Gasteiger partial charge in [0.1, 0.15) is 0 Å². The Morgan fingerprint density at radius 3 is 2.40 bits per heavy atom. The third kappa shape index (κ3) is 6.10. The van der Waals surface area contributed by atoms with Crippen molar-refractivity contribution in [3.63, 3.8) is 0 Å². The molecule has 1 aromatic rings. The molecule has 2 N–H and O–H groups in total. The highest BCUT2D eigenvalue weighted by molar-refractivity contribution is 5.97. The molecule has 0 atom stereocenters. The average molecular weight is 372 g/mol. The number of rotatable bonds is 7. The number of ether oxygens (including phenoxy) is 2. The standard InChI is InChI=1S/C17H25N3O4.ClH/c1-3-23-14-6-5-13(11-15(14)24-4-2)17(22)19-12-16(21)20-9-7-18-8-10-20;/h5-6,11,18H,3-4,7-10,12H2,1-2H3,(H,19,22);1H. The van der Waals surface area contributed by atoms with Crippen molar-refractivity contribution in [3.05, 3.63) is 23.8 Å². The first kappa shape index (κ1) is 21.1. The molecular formula is C17H26ClN3O4. The fraction of sp³-hybridized carbons (Fsp3) is 0.529. The van der Waals surface area contributed by atoms with E-state index in [1.165, 1.54) is 0 Å². The first-order valence-electron chi connectivity index (χ1n) is 8.32. The number of hydrogen-bond donors (Lipinski definition) is 2. The van der Waals surface area contributed by atoms with Crippen LogP contribution in [-0.4, -0.2) is 62.7 Å². The van der Waals surface area contributed by atoms with Crippen LogP contribution in [0.3, 0.4) is 0 Å². The van der Waals surface area contributed by atoms with E-state index in [2.05, 4.69) is 10.6 Å². The number of nitrogens with zero attached hydrogens (tertiary/aromatic N) is 1. The lowest BCUT2D eigenvalue weighted by Crippen LogP contribution is -2.49. The van der Waals surface area contributed by atoms with Crippen LogP contribution in [0.4, 0.5) is 0 Å². The van der Waals surface area contributed by atoms with Crippen molar-refractivity contribution in [1.29, 1.82) is 0 Å². The molecule has 0 saturated carbocycles. The first-order valence-corrected chi connectivity index (χ1v) is 8.32. The van der Waals surface area contributed by atoms with Crippen LogP contribution >= 0.6 is 12.4 Å². The van der Waals surface area contributed by atoms with E-state index in [9.17, 15) is 9.59 Å². The van der Waals surface area contributed by atoms with E-state index in [1.807, 2.05) is 13.8 Å². The second-order valence-corrected chi connectivity index (χ2v) is 5.34. The third-order valence-corrected chi connectivity index (χ3v) is 3.68. The van der Waals surface area contributed by atoms with Gasteiger partial charge in [-0.05, 0) is 32.0 Å². The fourth-order valence-electron chi connectivity index (χ4n) is 2.48. The van der Waals surface area contributed by atoms with Gasteiger partial charge in [0.25, 0.3) is 5.91 Å². The Morgan fingerprint density at radius 2 is 1.76 bits per heavy atom. The van der Waals surface area contributed by atoms with Gasteiger partial charge in [0, 0.05) is 31.7 Å². The van der Waals surface area contributed by atoms with Gasteiger partial charge in [-0.3, -0.25) is 9.59 Å². The molecule has 1 heterocycles. The summed E-state index contributed by atoms with van der Waals surface area (Å²) in [7, 11) is 0. The van der Waals surface area contributed by atoms with Gasteiger partial charge in [-0.2, -0.15) is 0 Å². The lowest BCUT2D eigenvalue weighted by Gasteiger charge is -2.27. The van der Waals surface area contributed by atoms with Crippen molar-refractivity contribution >= 4 is 24.2 Å². The van der Waals surface area contributed by atoms with Crippen molar-refractivity contribution in [2.75, 3.05) is 45.9 Å². The van der Waals surface area contributed by atoms with Gasteiger partial charge >= 0.3 is 0 Å². The van der Waals surface area contributed by atoms with Gasteiger partial charge in [-0.25, -0.2) is 0 Å². The first-order chi connectivity index (χ1) is 11.7. The minimum absolute atomic E-state index is 0. The number of carbonyl (C=O) groups is 2. The topological polar surface area (TPSA) is 79.9 Å². The zero-order valence-electron chi connectivity index (χ0n) is 14.7. The Bertz CT molecular complexity index is 577. The number of halogens is 1. The molecule has 1 aliphatic rings. The molecule has 2 amide bonds. The maximum absolute atomic E-state index is 12.3. The molecule has 8 heteroatoms. The van der Waals surface area contributed by atoms with Gasteiger partial charge in [0.15, 0.2) is 11.5 Å². The van der Waals surface area contributed by atoms with Crippen molar-refractivity contribution in [3.8, 4) is 11.5 Å². The summed E-state index contributed by atoms with van der Waals surface area (Å²) in [6, 6.07) is 5.01. The molecule has 1 saturated heterocycles. The summed E-state index contributed by atoms with van der Waals surface area (Å²) in [5, 5.41) is 5.86. The van der Waals surface area contributed by atoms with Crippen LogP contribution in [0.25, 0.3) is 0 Å². The van der Waals surface area contributed by atoms with Crippen LogP contribution in [0.2, 0.25) is 0 Å². The summed E-state index contributed by atoms with van der Waals surface area (Å²) in [4.78, 5) is 26.1. The van der Waals surface area contributed by atoms with Crippen LogP contribution in [0, 0.1) is 0 Å². The van der Waals surface area contributed by atoms with E-state index in [4.69, 9.17) is 9.47 Å². The van der Waals surface area contributed by atoms with Gasteiger partial charge in [0.2, 0.25) is 5.91 Å². The summed E-state index contributed by atoms with van der Waals surface area (Å²) in [6.07, 6.45) is 0. The zero-order chi connectivity index (χ0) is 17.4. The van der Waals surface area contributed by atoms with Gasteiger partial charge in [-0.15, -0.1) is 12.4 Å². The maximum Gasteiger partial charge on any atom is 0.251 e. The Labute approximate surface area is 154 Å². The number of amides is 2. The van der Waals surface area contributed by atoms with Gasteiger partial charge in [0.05, 0.1) is 19.8 Å². The second kappa shape index (κ2) is 10.8. The van der Waals surface area contributed by atoms with Gasteiger partial charge < -0.3 is 25.0 Å². The van der Waals surface area contributed by atoms with E-state index in [0.29, 0.717) is 43.4 Å². The number of carbonyl (C=O) groups excluding carboxylic acids is 2. The monoisotopic (exact) mass is 371 g/mol. The lowest BCUT2D eigenvalue weighted by atomic mass is 10.2. The molecule has 2 rings (SSSR count). The summed E-state index contributed by atoms with van der Waals surface area (Å²) in [6.45, 7) is 7.67. The second-order valence-electron chi connectivity index (χ2n) is 5.34. The quantitative estimate of drug-likeness (QED) is 0.749. The third-order valence-electron chi connectivity index (χ3n) is 3.68. The van der Waals surface area contributed by atoms with Gasteiger partial charge in [-0.1, -0.05) is 0 Å². The molecule has 25 heavy (non-hydrogen) atoms. The number of hydrogen-bond acceptors (Lipinski definition) is 5. The van der Waals surface area contributed by atoms with E-state index >= 15 is 0 Å². The van der Waals surface area contributed by atoms with Crippen molar-refractivity contribution in [2.45, 2.75) is 13.8 Å². The Hall–Kier alpha value is -1.99. The molecule has 1 aliphatic heterocycles. The molecule has 0 unspecified atom stereocenters. The fourth-order valence-corrected chi connectivity index (χ4v) is 2.48. The maximum atomic E-state index is 12.3.